The minimum absolute atomic E-state index is 0.0452. The number of rotatable bonds is 5. The van der Waals surface area contributed by atoms with Crippen molar-refractivity contribution in [2.45, 2.75) is 6.92 Å². The molecule has 1 amide bonds. The average molecular weight is 287 g/mol. The van der Waals surface area contributed by atoms with Crippen molar-refractivity contribution in [2.24, 2.45) is 0 Å². The highest BCUT2D eigenvalue weighted by Gasteiger charge is 2.13. The molecule has 1 heterocycles. The zero-order chi connectivity index (χ0) is 15.2. The largest absolute Gasteiger partial charge is 0.457 e. The first-order chi connectivity index (χ1) is 10.1. The van der Waals surface area contributed by atoms with E-state index in [1.165, 1.54) is 19.3 Å². The standard InChI is InChI=1S/C15H13NO5/c1-10(17)16-12-6-4-11(5-7-12)13(18)9-21-15(19)14-3-2-8-20-14/h2-8H,9H2,1H3,(H,16,17). The summed E-state index contributed by atoms with van der Waals surface area (Å²) in [7, 11) is 0. The van der Waals surface area contributed by atoms with E-state index in [2.05, 4.69) is 5.32 Å². The van der Waals surface area contributed by atoms with Gasteiger partial charge in [-0.05, 0) is 36.4 Å². The Kier molecular flexibility index (Phi) is 4.50. The molecule has 108 valence electrons. The molecule has 0 unspecified atom stereocenters. The van der Waals surface area contributed by atoms with Crippen molar-refractivity contribution in [3.05, 3.63) is 54.0 Å². The SMILES string of the molecule is CC(=O)Nc1ccc(C(=O)COC(=O)c2ccco2)cc1. The molecule has 0 spiro atoms. The highest BCUT2D eigenvalue weighted by molar-refractivity contribution is 5.99. The van der Waals surface area contributed by atoms with Crippen LogP contribution in [-0.2, 0) is 9.53 Å². The van der Waals surface area contributed by atoms with E-state index < -0.39 is 5.97 Å². The van der Waals surface area contributed by atoms with Crippen LogP contribution in [0.2, 0.25) is 0 Å². The monoisotopic (exact) mass is 287 g/mol. The van der Waals surface area contributed by atoms with Crippen LogP contribution in [-0.4, -0.2) is 24.3 Å². The van der Waals surface area contributed by atoms with Crippen molar-refractivity contribution in [3.63, 3.8) is 0 Å². The van der Waals surface area contributed by atoms with Crippen molar-refractivity contribution in [3.8, 4) is 0 Å². The Labute approximate surface area is 120 Å². The molecule has 6 nitrogen and oxygen atoms in total. The Hall–Kier alpha value is -2.89. The van der Waals surface area contributed by atoms with Gasteiger partial charge in [-0.1, -0.05) is 0 Å². The third-order valence-corrected chi connectivity index (χ3v) is 2.58. The molecule has 0 fully saturated rings. The van der Waals surface area contributed by atoms with Crippen LogP contribution in [0.15, 0.2) is 47.1 Å². The predicted molar refractivity (Wildman–Crippen MR) is 74.1 cm³/mol. The van der Waals surface area contributed by atoms with Crippen LogP contribution in [0.5, 0.6) is 0 Å². The lowest BCUT2D eigenvalue weighted by Gasteiger charge is -2.05. The molecule has 0 atom stereocenters. The van der Waals surface area contributed by atoms with Crippen LogP contribution in [0, 0.1) is 0 Å². The first kappa shape index (κ1) is 14.5. The number of anilines is 1. The lowest BCUT2D eigenvalue weighted by molar-refractivity contribution is -0.114. The van der Waals surface area contributed by atoms with Crippen LogP contribution in [0.3, 0.4) is 0 Å². The summed E-state index contributed by atoms with van der Waals surface area (Å²) < 4.78 is 9.71. The smallest absolute Gasteiger partial charge is 0.374 e. The van der Waals surface area contributed by atoms with Gasteiger partial charge >= 0.3 is 5.97 Å². The average Bonchev–Trinajstić information content (AvgIpc) is 2.99. The number of nitrogens with one attached hydrogen (secondary N) is 1. The van der Waals surface area contributed by atoms with Gasteiger partial charge in [-0.3, -0.25) is 9.59 Å². The first-order valence-corrected chi connectivity index (χ1v) is 6.18. The Morgan fingerprint density at radius 3 is 2.43 bits per heavy atom. The van der Waals surface area contributed by atoms with Gasteiger partial charge in [0.2, 0.25) is 11.7 Å². The zero-order valence-electron chi connectivity index (χ0n) is 11.3. The number of hydrogen-bond donors (Lipinski definition) is 1. The summed E-state index contributed by atoms with van der Waals surface area (Å²) in [5.74, 6) is -1.18. The number of ether oxygens (including phenoxy) is 1. The summed E-state index contributed by atoms with van der Waals surface area (Å²) in [6, 6.07) is 9.31. The topological polar surface area (TPSA) is 85.6 Å². The summed E-state index contributed by atoms with van der Waals surface area (Å²) in [5.41, 5.74) is 0.975. The highest BCUT2D eigenvalue weighted by atomic mass is 16.5. The van der Waals surface area contributed by atoms with Gasteiger partial charge in [-0.25, -0.2) is 4.79 Å². The van der Waals surface area contributed by atoms with E-state index in [9.17, 15) is 14.4 Å². The number of ketones is 1. The fourth-order valence-electron chi connectivity index (χ4n) is 1.62. The number of benzene rings is 1. The third-order valence-electron chi connectivity index (χ3n) is 2.58. The molecule has 0 radical (unpaired) electrons. The van der Waals surface area contributed by atoms with Crippen molar-refractivity contribution >= 4 is 23.3 Å². The molecule has 2 rings (SSSR count). The van der Waals surface area contributed by atoms with Crippen LogP contribution >= 0.6 is 0 Å². The minimum Gasteiger partial charge on any atom is -0.457 e. The second-order valence-electron chi connectivity index (χ2n) is 4.24. The molecule has 0 aliphatic heterocycles. The van der Waals surface area contributed by atoms with Gasteiger partial charge in [-0.2, -0.15) is 0 Å². The van der Waals surface area contributed by atoms with Crippen LogP contribution in [0.1, 0.15) is 27.8 Å². The van der Waals surface area contributed by atoms with Gasteiger partial charge in [0, 0.05) is 18.2 Å². The molecular formula is C15H13NO5. The van der Waals surface area contributed by atoms with Gasteiger partial charge in [0.15, 0.2) is 12.4 Å². The molecule has 2 aromatic rings. The normalized spacial score (nSPS) is 9.95. The Morgan fingerprint density at radius 2 is 1.86 bits per heavy atom. The van der Waals surface area contributed by atoms with E-state index in [-0.39, 0.29) is 24.1 Å². The highest BCUT2D eigenvalue weighted by Crippen LogP contribution is 2.10. The van der Waals surface area contributed by atoms with Crippen LogP contribution < -0.4 is 5.32 Å². The lowest BCUT2D eigenvalue weighted by Crippen LogP contribution is -2.14. The van der Waals surface area contributed by atoms with Crippen molar-refractivity contribution in [2.75, 3.05) is 11.9 Å². The summed E-state index contributed by atoms with van der Waals surface area (Å²) in [4.78, 5) is 34.2. The van der Waals surface area contributed by atoms with E-state index in [0.29, 0.717) is 11.3 Å². The van der Waals surface area contributed by atoms with Crippen LogP contribution in [0.25, 0.3) is 0 Å². The van der Waals surface area contributed by atoms with Crippen LogP contribution in [0.4, 0.5) is 5.69 Å². The molecule has 1 N–H and O–H groups in total. The molecule has 0 saturated carbocycles. The first-order valence-electron chi connectivity index (χ1n) is 6.18. The second kappa shape index (κ2) is 6.51. The maximum atomic E-state index is 11.9. The molecule has 1 aromatic carbocycles. The van der Waals surface area contributed by atoms with Gasteiger partial charge in [0.25, 0.3) is 0 Å². The molecule has 0 bridgehead atoms. The number of Topliss-reactive ketones (excluding diaryl/α,β-unsaturated/α-hetero) is 1. The van der Waals surface area contributed by atoms with E-state index in [1.54, 1.807) is 30.3 Å². The second-order valence-corrected chi connectivity index (χ2v) is 4.24. The number of esters is 1. The molecule has 1 aromatic heterocycles. The molecule has 21 heavy (non-hydrogen) atoms. The Morgan fingerprint density at radius 1 is 1.14 bits per heavy atom. The van der Waals surface area contributed by atoms with Gasteiger partial charge < -0.3 is 14.5 Å². The molecular weight excluding hydrogens is 274 g/mol. The number of carbonyl (C=O) groups is 3. The van der Waals surface area contributed by atoms with Gasteiger partial charge in [0.05, 0.1) is 6.26 Å². The fourth-order valence-corrected chi connectivity index (χ4v) is 1.62. The molecule has 0 aliphatic carbocycles. The van der Waals surface area contributed by atoms with Gasteiger partial charge in [0.1, 0.15) is 0 Å². The minimum atomic E-state index is -0.691. The van der Waals surface area contributed by atoms with Crippen molar-refractivity contribution in [1.29, 1.82) is 0 Å². The molecule has 6 heteroatoms. The van der Waals surface area contributed by atoms with E-state index in [0.717, 1.165) is 0 Å². The van der Waals surface area contributed by atoms with E-state index in [1.807, 2.05) is 0 Å². The summed E-state index contributed by atoms with van der Waals surface area (Å²) in [5, 5.41) is 2.59. The number of carbonyl (C=O) groups excluding carboxylic acids is 3. The van der Waals surface area contributed by atoms with Crippen molar-refractivity contribution in [1.82, 2.24) is 0 Å². The number of furan rings is 1. The molecule has 0 aliphatic rings. The maximum Gasteiger partial charge on any atom is 0.374 e. The number of hydrogen-bond acceptors (Lipinski definition) is 5. The third kappa shape index (κ3) is 4.04. The summed E-state index contributed by atoms with van der Waals surface area (Å²) >= 11 is 0. The predicted octanol–water partition coefficient (Wildman–Crippen LogP) is 2.28. The van der Waals surface area contributed by atoms with Crippen molar-refractivity contribution < 1.29 is 23.5 Å². The zero-order valence-corrected chi connectivity index (χ0v) is 11.3. The fraction of sp³-hybridized carbons (Fsp3) is 0.133. The van der Waals surface area contributed by atoms with E-state index in [4.69, 9.17) is 9.15 Å². The lowest BCUT2D eigenvalue weighted by atomic mass is 10.1. The van der Waals surface area contributed by atoms with E-state index >= 15 is 0 Å². The summed E-state index contributed by atoms with van der Waals surface area (Å²) in [6.45, 7) is 1.02. The van der Waals surface area contributed by atoms with Gasteiger partial charge in [-0.15, -0.1) is 0 Å². The Bertz CT molecular complexity index is 643. The number of amides is 1. The summed E-state index contributed by atoms with van der Waals surface area (Å²) in [6.07, 6.45) is 1.35. The maximum absolute atomic E-state index is 11.9. The molecule has 0 saturated heterocycles. The quantitative estimate of drug-likeness (QED) is 0.673. The Balaban J connectivity index is 1.91.